The maximum atomic E-state index is 8.46. The number of benzene rings is 1. The van der Waals surface area contributed by atoms with Crippen molar-refractivity contribution in [2.45, 2.75) is 0 Å². The van der Waals surface area contributed by atoms with Crippen molar-refractivity contribution in [1.29, 1.82) is 0 Å². The highest BCUT2D eigenvalue weighted by atomic mass is 16.3. The van der Waals surface area contributed by atoms with Gasteiger partial charge in [0.05, 0.1) is 6.26 Å². The van der Waals surface area contributed by atoms with Crippen LogP contribution in [0.4, 0.5) is 0 Å². The van der Waals surface area contributed by atoms with Crippen LogP contribution in [0.25, 0.3) is 17.2 Å². The third-order valence-corrected chi connectivity index (χ3v) is 1.53. The summed E-state index contributed by atoms with van der Waals surface area (Å²) in [4.78, 5) is 4.09. The molecule has 0 aliphatic heterocycles. The molecule has 1 heterocycles. The number of fused-ring (bicyclic) bond motifs is 1. The fourth-order valence-electron chi connectivity index (χ4n) is 1.03. The average molecular weight is 161 g/mol. The number of para-hydroxylation sites is 2. The Morgan fingerprint density at radius 2 is 2.17 bits per heavy atom. The van der Waals surface area contributed by atoms with E-state index in [0.717, 1.165) is 17.4 Å². The van der Waals surface area contributed by atoms with E-state index in [2.05, 4.69) is 4.98 Å². The summed E-state index contributed by atoms with van der Waals surface area (Å²) in [6.07, 6.45) is 2.31. The largest absolute Gasteiger partial charge is 0.515 e. The van der Waals surface area contributed by atoms with Gasteiger partial charge in [-0.25, -0.2) is 4.98 Å². The standard InChI is InChI=1S/C9H7NO2/c11-6-5-9-10-7-3-1-2-4-8(7)12-9/h1-6,11H. The number of hydrogen-bond donors (Lipinski definition) is 1. The summed E-state index contributed by atoms with van der Waals surface area (Å²) in [6, 6.07) is 7.45. The average Bonchev–Trinajstić information content (AvgIpc) is 2.47. The number of nitrogens with zero attached hydrogens (tertiary/aromatic N) is 1. The molecule has 3 heteroatoms. The van der Waals surface area contributed by atoms with E-state index in [-0.39, 0.29) is 0 Å². The maximum absolute atomic E-state index is 8.46. The van der Waals surface area contributed by atoms with Crippen LogP contribution in [0.1, 0.15) is 5.89 Å². The summed E-state index contributed by atoms with van der Waals surface area (Å²) < 4.78 is 5.25. The van der Waals surface area contributed by atoms with Crippen molar-refractivity contribution < 1.29 is 9.52 Å². The molecule has 0 fully saturated rings. The molecule has 0 saturated heterocycles. The highest BCUT2D eigenvalue weighted by molar-refractivity contribution is 5.73. The molecule has 0 saturated carbocycles. The molecule has 0 radical (unpaired) electrons. The lowest BCUT2D eigenvalue weighted by molar-refractivity contribution is 0.475. The second kappa shape index (κ2) is 2.70. The first-order chi connectivity index (χ1) is 5.90. The summed E-state index contributed by atoms with van der Waals surface area (Å²) >= 11 is 0. The fraction of sp³-hybridized carbons (Fsp3) is 0. The van der Waals surface area contributed by atoms with Crippen molar-refractivity contribution >= 4 is 17.2 Å². The third-order valence-electron chi connectivity index (χ3n) is 1.53. The third kappa shape index (κ3) is 1.05. The van der Waals surface area contributed by atoms with Gasteiger partial charge in [-0.2, -0.15) is 0 Å². The van der Waals surface area contributed by atoms with Crippen molar-refractivity contribution in [1.82, 2.24) is 4.98 Å². The van der Waals surface area contributed by atoms with E-state index in [0.29, 0.717) is 5.89 Å². The van der Waals surface area contributed by atoms with E-state index in [1.807, 2.05) is 24.3 Å². The van der Waals surface area contributed by atoms with E-state index in [1.54, 1.807) is 0 Å². The molecule has 1 aromatic heterocycles. The van der Waals surface area contributed by atoms with Crippen LogP contribution in [-0.2, 0) is 0 Å². The van der Waals surface area contributed by atoms with Crippen molar-refractivity contribution in [2.24, 2.45) is 0 Å². The molecule has 3 nitrogen and oxygen atoms in total. The highest BCUT2D eigenvalue weighted by Crippen LogP contribution is 2.14. The first kappa shape index (κ1) is 6.91. The minimum absolute atomic E-state index is 0.415. The van der Waals surface area contributed by atoms with E-state index in [4.69, 9.17) is 9.52 Å². The van der Waals surface area contributed by atoms with Gasteiger partial charge in [0, 0.05) is 6.08 Å². The molecular weight excluding hydrogens is 154 g/mol. The Bertz CT molecular complexity index is 384. The maximum Gasteiger partial charge on any atom is 0.223 e. The van der Waals surface area contributed by atoms with Crippen LogP contribution >= 0.6 is 0 Å². The number of aromatic nitrogens is 1. The molecule has 0 spiro atoms. The van der Waals surface area contributed by atoms with Crippen LogP contribution in [0.15, 0.2) is 34.9 Å². The zero-order valence-corrected chi connectivity index (χ0v) is 6.27. The van der Waals surface area contributed by atoms with Crippen molar-refractivity contribution in [3.63, 3.8) is 0 Å². The van der Waals surface area contributed by atoms with Crippen LogP contribution in [0.3, 0.4) is 0 Å². The Hall–Kier alpha value is -1.77. The molecule has 2 rings (SSSR count). The van der Waals surface area contributed by atoms with Crippen LogP contribution in [0.5, 0.6) is 0 Å². The zero-order valence-electron chi connectivity index (χ0n) is 6.27. The van der Waals surface area contributed by atoms with Crippen molar-refractivity contribution in [3.8, 4) is 0 Å². The van der Waals surface area contributed by atoms with Crippen LogP contribution in [-0.4, -0.2) is 10.1 Å². The van der Waals surface area contributed by atoms with Gasteiger partial charge in [0.1, 0.15) is 5.52 Å². The fourth-order valence-corrected chi connectivity index (χ4v) is 1.03. The zero-order chi connectivity index (χ0) is 8.39. The van der Waals surface area contributed by atoms with Crippen molar-refractivity contribution in [3.05, 3.63) is 36.4 Å². The minimum atomic E-state index is 0.415. The van der Waals surface area contributed by atoms with Gasteiger partial charge in [0.15, 0.2) is 5.58 Å². The number of hydrogen-bond acceptors (Lipinski definition) is 3. The van der Waals surface area contributed by atoms with E-state index < -0.39 is 0 Å². The van der Waals surface area contributed by atoms with Crippen LogP contribution in [0, 0.1) is 0 Å². The molecule has 1 aromatic carbocycles. The summed E-state index contributed by atoms with van der Waals surface area (Å²) in [5.41, 5.74) is 1.52. The molecule has 0 bridgehead atoms. The first-order valence-corrected chi connectivity index (χ1v) is 3.56. The van der Waals surface area contributed by atoms with Gasteiger partial charge in [-0.05, 0) is 12.1 Å². The Morgan fingerprint density at radius 3 is 2.92 bits per heavy atom. The lowest BCUT2D eigenvalue weighted by Crippen LogP contribution is -1.67. The van der Waals surface area contributed by atoms with Gasteiger partial charge in [-0.15, -0.1) is 0 Å². The highest BCUT2D eigenvalue weighted by Gasteiger charge is 1.99. The normalized spacial score (nSPS) is 11.3. The summed E-state index contributed by atoms with van der Waals surface area (Å²) in [7, 11) is 0. The molecule has 1 N–H and O–H groups in total. The van der Waals surface area contributed by atoms with Gasteiger partial charge >= 0.3 is 0 Å². The molecule has 2 aromatic rings. The second-order valence-corrected chi connectivity index (χ2v) is 2.34. The lowest BCUT2D eigenvalue weighted by atomic mass is 10.3. The number of oxazole rings is 1. The smallest absolute Gasteiger partial charge is 0.223 e. The second-order valence-electron chi connectivity index (χ2n) is 2.34. The summed E-state index contributed by atoms with van der Waals surface area (Å²) in [5, 5.41) is 8.46. The van der Waals surface area contributed by atoms with Crippen LogP contribution in [0.2, 0.25) is 0 Å². The summed E-state index contributed by atoms with van der Waals surface area (Å²) in [6.45, 7) is 0. The first-order valence-electron chi connectivity index (χ1n) is 3.56. The monoisotopic (exact) mass is 161 g/mol. The van der Waals surface area contributed by atoms with Gasteiger partial charge in [0.25, 0.3) is 0 Å². The van der Waals surface area contributed by atoms with Crippen molar-refractivity contribution in [2.75, 3.05) is 0 Å². The SMILES string of the molecule is OC=Cc1nc2ccccc2o1. The predicted molar refractivity (Wildman–Crippen MR) is 45.7 cm³/mol. The topological polar surface area (TPSA) is 46.3 Å². The van der Waals surface area contributed by atoms with Gasteiger partial charge in [0.2, 0.25) is 5.89 Å². The summed E-state index contributed by atoms with van der Waals surface area (Å²) in [5.74, 6) is 0.415. The van der Waals surface area contributed by atoms with Gasteiger partial charge in [-0.1, -0.05) is 12.1 Å². The lowest BCUT2D eigenvalue weighted by Gasteiger charge is -1.79. The molecule has 0 atom stereocenters. The van der Waals surface area contributed by atoms with Crippen LogP contribution < -0.4 is 0 Å². The molecule has 0 aliphatic carbocycles. The molecule has 60 valence electrons. The quantitative estimate of drug-likeness (QED) is 0.653. The Labute approximate surface area is 69.0 Å². The van der Waals surface area contributed by atoms with E-state index in [9.17, 15) is 0 Å². The minimum Gasteiger partial charge on any atom is -0.515 e. The predicted octanol–water partition coefficient (Wildman–Crippen LogP) is 2.36. The molecule has 0 unspecified atom stereocenters. The van der Waals surface area contributed by atoms with Gasteiger partial charge in [-0.3, -0.25) is 0 Å². The molecule has 0 amide bonds. The Kier molecular flexibility index (Phi) is 1.55. The molecule has 0 aliphatic rings. The Morgan fingerprint density at radius 1 is 1.33 bits per heavy atom. The van der Waals surface area contributed by atoms with E-state index in [1.165, 1.54) is 6.08 Å². The number of aliphatic hydroxyl groups is 1. The van der Waals surface area contributed by atoms with Gasteiger partial charge < -0.3 is 9.52 Å². The Balaban J connectivity index is 2.62. The molecular formula is C9H7NO2. The molecule has 12 heavy (non-hydrogen) atoms. The number of aliphatic hydroxyl groups excluding tert-OH is 1. The van der Waals surface area contributed by atoms with E-state index >= 15 is 0 Å². The number of rotatable bonds is 1.